The van der Waals surface area contributed by atoms with Gasteiger partial charge >= 0.3 is 0 Å². The van der Waals surface area contributed by atoms with E-state index in [4.69, 9.17) is 16.1 Å². The summed E-state index contributed by atoms with van der Waals surface area (Å²) in [5.74, 6) is 2.12. The fraction of sp³-hybridized carbons (Fsp3) is 0.533. The molecule has 7 heteroatoms. The van der Waals surface area contributed by atoms with Crippen molar-refractivity contribution in [2.75, 3.05) is 13.1 Å². The molecule has 2 aliphatic rings. The second-order valence-corrected chi connectivity index (χ2v) is 6.59. The van der Waals surface area contributed by atoms with Crippen molar-refractivity contribution in [1.82, 2.24) is 19.6 Å². The molecule has 4 rings (SSSR count). The molecule has 0 radical (unpaired) electrons. The first-order valence-corrected chi connectivity index (χ1v) is 7.94. The molecule has 0 N–H and O–H groups in total. The minimum atomic E-state index is -0.00108. The van der Waals surface area contributed by atoms with E-state index >= 15 is 0 Å². The standard InChI is InChI=1S/C15H17ClN4O2/c1-19-8-11(16)6-12(19)15(21)20-5-4-10(7-20)14-17-13(18-22-14)9-2-3-9/h6,8-10H,2-5,7H2,1H3/t10-/m1/s1. The number of carbonyl (C=O) groups excluding carboxylic acids is 1. The number of rotatable bonds is 3. The number of hydrogen-bond acceptors (Lipinski definition) is 4. The lowest BCUT2D eigenvalue weighted by Crippen LogP contribution is -2.29. The molecule has 0 unspecified atom stereocenters. The highest BCUT2D eigenvalue weighted by Gasteiger charge is 2.34. The molecule has 2 aromatic rings. The molecule has 1 saturated carbocycles. The maximum atomic E-state index is 12.6. The van der Waals surface area contributed by atoms with E-state index < -0.39 is 0 Å². The Bertz CT molecular complexity index is 719. The van der Waals surface area contributed by atoms with Crippen LogP contribution in [0.3, 0.4) is 0 Å². The number of hydrogen-bond donors (Lipinski definition) is 0. The van der Waals surface area contributed by atoms with E-state index in [0.717, 1.165) is 25.1 Å². The van der Waals surface area contributed by atoms with Crippen molar-refractivity contribution >= 4 is 17.5 Å². The highest BCUT2D eigenvalue weighted by molar-refractivity contribution is 6.31. The number of likely N-dealkylation sites (tertiary alicyclic amines) is 1. The minimum Gasteiger partial charge on any atom is -0.345 e. The molecular formula is C15H17ClN4O2. The number of aryl methyl sites for hydroxylation is 1. The monoisotopic (exact) mass is 320 g/mol. The fourth-order valence-corrected chi connectivity index (χ4v) is 3.22. The molecule has 0 bridgehead atoms. The van der Waals surface area contributed by atoms with Crippen LogP contribution in [-0.2, 0) is 7.05 Å². The van der Waals surface area contributed by atoms with Gasteiger partial charge in [0.1, 0.15) is 5.69 Å². The molecule has 0 aromatic carbocycles. The quantitative estimate of drug-likeness (QED) is 0.872. The smallest absolute Gasteiger partial charge is 0.270 e. The van der Waals surface area contributed by atoms with Gasteiger partial charge in [0.15, 0.2) is 5.82 Å². The molecule has 0 spiro atoms. The van der Waals surface area contributed by atoms with Gasteiger partial charge < -0.3 is 14.0 Å². The van der Waals surface area contributed by atoms with E-state index in [1.165, 1.54) is 0 Å². The molecule has 1 amide bonds. The summed E-state index contributed by atoms with van der Waals surface area (Å²) >= 11 is 5.95. The molecule has 3 heterocycles. The number of amides is 1. The van der Waals surface area contributed by atoms with Gasteiger partial charge in [0.05, 0.1) is 10.9 Å². The molecular weight excluding hydrogens is 304 g/mol. The van der Waals surface area contributed by atoms with E-state index in [0.29, 0.717) is 35.6 Å². The van der Waals surface area contributed by atoms with Crippen LogP contribution in [0.15, 0.2) is 16.8 Å². The third-order valence-electron chi connectivity index (χ3n) is 4.42. The first kappa shape index (κ1) is 13.8. The summed E-state index contributed by atoms with van der Waals surface area (Å²) in [6.07, 6.45) is 4.91. The Morgan fingerprint density at radius 1 is 1.36 bits per heavy atom. The number of halogens is 1. The second kappa shape index (κ2) is 5.12. The van der Waals surface area contributed by atoms with Crippen LogP contribution in [0.5, 0.6) is 0 Å². The van der Waals surface area contributed by atoms with Gasteiger partial charge in [-0.15, -0.1) is 0 Å². The Morgan fingerprint density at radius 3 is 2.86 bits per heavy atom. The average molecular weight is 321 g/mol. The van der Waals surface area contributed by atoms with Crippen LogP contribution in [0.1, 0.15) is 53.3 Å². The van der Waals surface area contributed by atoms with Crippen molar-refractivity contribution < 1.29 is 9.32 Å². The summed E-state index contributed by atoms with van der Waals surface area (Å²) in [6, 6.07) is 1.70. The second-order valence-electron chi connectivity index (χ2n) is 6.16. The molecule has 6 nitrogen and oxygen atoms in total. The van der Waals surface area contributed by atoms with Crippen LogP contribution in [0.25, 0.3) is 0 Å². The Kier molecular flexibility index (Phi) is 3.22. The van der Waals surface area contributed by atoms with Gasteiger partial charge in [0.25, 0.3) is 5.91 Å². The predicted octanol–water partition coefficient (Wildman–Crippen LogP) is 2.57. The molecule has 1 aliphatic carbocycles. The number of nitrogens with zero attached hydrogens (tertiary/aromatic N) is 4. The zero-order valence-corrected chi connectivity index (χ0v) is 13.1. The van der Waals surface area contributed by atoms with Crippen molar-refractivity contribution in [3.05, 3.63) is 34.7 Å². The van der Waals surface area contributed by atoms with Crippen LogP contribution < -0.4 is 0 Å². The minimum absolute atomic E-state index is 0.00108. The van der Waals surface area contributed by atoms with Crippen molar-refractivity contribution in [2.45, 2.75) is 31.1 Å². The summed E-state index contributed by atoms with van der Waals surface area (Å²) in [6.45, 7) is 1.32. The van der Waals surface area contributed by atoms with Gasteiger partial charge in [-0.1, -0.05) is 16.8 Å². The van der Waals surface area contributed by atoms with Crippen molar-refractivity contribution in [3.8, 4) is 0 Å². The zero-order valence-electron chi connectivity index (χ0n) is 12.3. The number of carbonyl (C=O) groups is 1. The Hall–Kier alpha value is -1.82. The van der Waals surface area contributed by atoms with Gasteiger partial charge in [-0.2, -0.15) is 4.98 Å². The molecule has 2 aromatic heterocycles. The Labute approximate surface area is 133 Å². The van der Waals surface area contributed by atoms with E-state index in [-0.39, 0.29) is 11.8 Å². The highest BCUT2D eigenvalue weighted by Crippen LogP contribution is 2.39. The van der Waals surface area contributed by atoms with Gasteiger partial charge in [-0.3, -0.25) is 4.79 Å². The Balaban J connectivity index is 1.47. The average Bonchev–Trinajstić information content (AvgIpc) is 2.91. The Morgan fingerprint density at radius 2 is 2.18 bits per heavy atom. The predicted molar refractivity (Wildman–Crippen MR) is 80.0 cm³/mol. The largest absolute Gasteiger partial charge is 0.345 e. The van der Waals surface area contributed by atoms with Crippen molar-refractivity contribution in [2.24, 2.45) is 7.05 Å². The first-order valence-electron chi connectivity index (χ1n) is 7.56. The maximum absolute atomic E-state index is 12.6. The molecule has 2 fully saturated rings. The lowest BCUT2D eigenvalue weighted by Gasteiger charge is -2.16. The van der Waals surface area contributed by atoms with E-state index in [2.05, 4.69) is 10.1 Å². The van der Waals surface area contributed by atoms with Gasteiger partial charge in [-0.05, 0) is 25.3 Å². The first-order chi connectivity index (χ1) is 10.6. The van der Waals surface area contributed by atoms with Crippen LogP contribution >= 0.6 is 11.6 Å². The topological polar surface area (TPSA) is 64.2 Å². The normalized spacial score (nSPS) is 21.5. The summed E-state index contributed by atoms with van der Waals surface area (Å²) in [4.78, 5) is 18.9. The van der Waals surface area contributed by atoms with E-state index in [1.54, 1.807) is 16.8 Å². The summed E-state index contributed by atoms with van der Waals surface area (Å²) < 4.78 is 7.15. The van der Waals surface area contributed by atoms with Gasteiger partial charge in [0.2, 0.25) is 5.89 Å². The lowest BCUT2D eigenvalue weighted by molar-refractivity contribution is 0.0780. The van der Waals surface area contributed by atoms with Crippen LogP contribution in [0.4, 0.5) is 0 Å². The molecule has 1 saturated heterocycles. The van der Waals surface area contributed by atoms with Crippen molar-refractivity contribution in [3.63, 3.8) is 0 Å². The van der Waals surface area contributed by atoms with Gasteiger partial charge in [0, 0.05) is 32.3 Å². The zero-order chi connectivity index (χ0) is 15.3. The van der Waals surface area contributed by atoms with Gasteiger partial charge in [-0.25, -0.2) is 0 Å². The fourth-order valence-electron chi connectivity index (χ4n) is 2.97. The molecule has 1 atom stereocenters. The summed E-state index contributed by atoms with van der Waals surface area (Å²) in [7, 11) is 1.83. The summed E-state index contributed by atoms with van der Waals surface area (Å²) in [5, 5.41) is 4.63. The van der Waals surface area contributed by atoms with E-state index in [9.17, 15) is 4.79 Å². The molecule has 116 valence electrons. The number of aromatic nitrogens is 3. The lowest BCUT2D eigenvalue weighted by atomic mass is 10.1. The van der Waals surface area contributed by atoms with E-state index in [1.807, 2.05) is 11.9 Å². The molecule has 22 heavy (non-hydrogen) atoms. The maximum Gasteiger partial charge on any atom is 0.270 e. The van der Waals surface area contributed by atoms with Crippen LogP contribution in [-0.4, -0.2) is 38.6 Å². The highest BCUT2D eigenvalue weighted by atomic mass is 35.5. The SMILES string of the molecule is Cn1cc(Cl)cc1C(=O)N1CC[C@@H](c2nc(C3CC3)no2)C1. The van der Waals surface area contributed by atoms with Crippen LogP contribution in [0, 0.1) is 0 Å². The van der Waals surface area contributed by atoms with Crippen LogP contribution in [0.2, 0.25) is 5.02 Å². The van der Waals surface area contributed by atoms with Crippen molar-refractivity contribution in [1.29, 1.82) is 0 Å². The third kappa shape index (κ3) is 2.41. The molecule has 1 aliphatic heterocycles. The summed E-state index contributed by atoms with van der Waals surface area (Å²) in [5.41, 5.74) is 0.606. The third-order valence-corrected chi connectivity index (χ3v) is 4.62.